The maximum Gasteiger partial charge on any atom is 0.327 e. The van der Waals surface area contributed by atoms with Gasteiger partial charge in [-0.2, -0.15) is 0 Å². The van der Waals surface area contributed by atoms with Crippen molar-refractivity contribution in [2.75, 3.05) is 6.54 Å². The number of nitrogens with zero attached hydrogens (tertiary/aromatic N) is 1. The van der Waals surface area contributed by atoms with E-state index in [2.05, 4.69) is 10.6 Å². The van der Waals surface area contributed by atoms with Crippen molar-refractivity contribution >= 4 is 17.9 Å². The van der Waals surface area contributed by atoms with Gasteiger partial charge in [-0.1, -0.05) is 31.9 Å². The molecule has 2 rings (SSSR count). The molecule has 0 aromatic heterocycles. The standard InChI is InChI=1S/C20H33N3O4/c1-10(2)12-11-9-23(14(13(11)12)17(25)26)16(24)15(19(3,4)5)21-18(27)22-20(6,7)8/h11,13-15H,9H2,1-8H3,(H,25,26)(H2,21,22,27). The quantitative estimate of drug-likeness (QED) is 0.656. The Morgan fingerprint density at radius 2 is 1.67 bits per heavy atom. The summed E-state index contributed by atoms with van der Waals surface area (Å²) in [6, 6.07) is -2.10. The summed E-state index contributed by atoms with van der Waals surface area (Å²) in [5.74, 6) is -1.29. The lowest BCUT2D eigenvalue weighted by Crippen LogP contribution is -2.60. The molecule has 7 nitrogen and oxygen atoms in total. The molecule has 3 amide bonds. The van der Waals surface area contributed by atoms with Crippen LogP contribution in [-0.2, 0) is 9.59 Å². The van der Waals surface area contributed by atoms with Crippen LogP contribution in [-0.4, -0.2) is 52.1 Å². The van der Waals surface area contributed by atoms with Crippen LogP contribution in [0.2, 0.25) is 0 Å². The predicted octanol–water partition coefficient (Wildman–Crippen LogP) is 2.38. The van der Waals surface area contributed by atoms with Gasteiger partial charge < -0.3 is 20.6 Å². The number of nitrogens with one attached hydrogen (secondary N) is 2. The molecule has 27 heavy (non-hydrogen) atoms. The van der Waals surface area contributed by atoms with Crippen LogP contribution in [0.25, 0.3) is 0 Å². The number of aliphatic carboxylic acids is 1. The molecule has 1 aliphatic heterocycles. The summed E-state index contributed by atoms with van der Waals surface area (Å²) in [6.07, 6.45) is 0. The third-order valence-corrected chi connectivity index (χ3v) is 5.14. The van der Waals surface area contributed by atoms with E-state index in [1.807, 2.05) is 55.4 Å². The van der Waals surface area contributed by atoms with E-state index in [1.165, 1.54) is 4.90 Å². The Hall–Kier alpha value is -2.05. The third kappa shape index (κ3) is 4.45. The fourth-order valence-electron chi connectivity index (χ4n) is 4.00. The number of urea groups is 1. The first-order valence-electron chi connectivity index (χ1n) is 9.44. The summed E-state index contributed by atoms with van der Waals surface area (Å²) in [4.78, 5) is 38.9. The molecule has 7 heteroatoms. The third-order valence-electron chi connectivity index (χ3n) is 5.14. The second-order valence-corrected chi connectivity index (χ2v) is 10.0. The van der Waals surface area contributed by atoms with Gasteiger partial charge >= 0.3 is 12.0 Å². The molecule has 3 N–H and O–H groups in total. The Bertz CT molecular complexity index is 680. The molecular weight excluding hydrogens is 346 g/mol. The minimum absolute atomic E-state index is 0.0968. The van der Waals surface area contributed by atoms with E-state index in [-0.39, 0.29) is 17.7 Å². The average molecular weight is 380 g/mol. The first kappa shape index (κ1) is 21.3. The van der Waals surface area contributed by atoms with Crippen molar-refractivity contribution in [1.82, 2.24) is 15.5 Å². The van der Waals surface area contributed by atoms with Crippen molar-refractivity contribution in [1.29, 1.82) is 0 Å². The van der Waals surface area contributed by atoms with E-state index < -0.39 is 35.0 Å². The number of likely N-dealkylation sites (tertiary alicyclic amines) is 1. The number of carboxylic acids is 1. The summed E-state index contributed by atoms with van der Waals surface area (Å²) < 4.78 is 0. The van der Waals surface area contributed by atoms with E-state index in [9.17, 15) is 19.5 Å². The van der Waals surface area contributed by atoms with Crippen LogP contribution >= 0.6 is 0 Å². The largest absolute Gasteiger partial charge is 0.480 e. The summed E-state index contributed by atoms with van der Waals surface area (Å²) in [7, 11) is 0. The highest BCUT2D eigenvalue weighted by atomic mass is 16.4. The molecule has 0 aromatic carbocycles. The van der Waals surface area contributed by atoms with Crippen LogP contribution in [0.15, 0.2) is 11.1 Å². The van der Waals surface area contributed by atoms with Gasteiger partial charge in [0.1, 0.15) is 12.1 Å². The number of carboxylic acid groups (broad SMARTS) is 1. The molecule has 4 atom stereocenters. The summed E-state index contributed by atoms with van der Waals surface area (Å²) in [5, 5.41) is 15.3. The molecule has 2 aliphatic rings. The molecule has 0 bridgehead atoms. The fourth-order valence-corrected chi connectivity index (χ4v) is 4.00. The van der Waals surface area contributed by atoms with E-state index in [0.717, 1.165) is 11.1 Å². The number of carbonyl (C=O) groups excluding carboxylic acids is 2. The SMILES string of the molecule is CC(C)=C1C2CN(C(=O)C(NC(=O)NC(C)(C)C)C(C)(C)C)C(C(=O)O)C12. The molecule has 2 fully saturated rings. The first-order chi connectivity index (χ1) is 12.1. The second kappa shape index (κ2) is 6.84. The van der Waals surface area contributed by atoms with Gasteiger partial charge in [0.05, 0.1) is 0 Å². The first-order valence-corrected chi connectivity index (χ1v) is 9.44. The maximum atomic E-state index is 13.3. The van der Waals surface area contributed by atoms with Crippen molar-refractivity contribution in [3.05, 3.63) is 11.1 Å². The molecule has 0 spiro atoms. The highest BCUT2D eigenvalue weighted by molar-refractivity contribution is 5.92. The summed E-state index contributed by atoms with van der Waals surface area (Å²) in [5.41, 5.74) is 1.31. The van der Waals surface area contributed by atoms with E-state index in [1.54, 1.807) is 0 Å². The van der Waals surface area contributed by atoms with Crippen molar-refractivity contribution in [2.45, 2.75) is 73.0 Å². The number of amides is 3. The average Bonchev–Trinajstić information content (AvgIpc) is 3.01. The van der Waals surface area contributed by atoms with Gasteiger partial charge in [0.25, 0.3) is 0 Å². The minimum Gasteiger partial charge on any atom is -0.480 e. The van der Waals surface area contributed by atoms with Gasteiger partial charge in [0.2, 0.25) is 5.91 Å². The van der Waals surface area contributed by atoms with E-state index >= 15 is 0 Å². The van der Waals surface area contributed by atoms with Gasteiger partial charge in [0, 0.05) is 23.9 Å². The molecule has 0 aromatic rings. The number of rotatable bonds is 3. The molecule has 4 unspecified atom stereocenters. The Morgan fingerprint density at radius 1 is 1.11 bits per heavy atom. The monoisotopic (exact) mass is 379 g/mol. The molecular formula is C20H33N3O4. The zero-order valence-electron chi connectivity index (χ0n) is 17.6. The van der Waals surface area contributed by atoms with Crippen LogP contribution in [0.1, 0.15) is 55.4 Å². The van der Waals surface area contributed by atoms with Crippen LogP contribution in [0, 0.1) is 17.3 Å². The second-order valence-electron chi connectivity index (χ2n) is 10.0. The zero-order chi connectivity index (χ0) is 20.9. The number of carbonyl (C=O) groups is 3. The van der Waals surface area contributed by atoms with Crippen molar-refractivity contribution in [3.8, 4) is 0 Å². The summed E-state index contributed by atoms with van der Waals surface area (Å²) in [6.45, 7) is 15.5. The molecule has 1 aliphatic carbocycles. The number of piperidine rings is 1. The molecule has 1 saturated carbocycles. The van der Waals surface area contributed by atoms with Gasteiger partial charge in [-0.05, 0) is 40.0 Å². The molecule has 1 heterocycles. The van der Waals surface area contributed by atoms with Gasteiger partial charge in [-0.3, -0.25) is 4.79 Å². The molecule has 152 valence electrons. The van der Waals surface area contributed by atoms with Crippen LogP contribution in [0.4, 0.5) is 4.79 Å². The Balaban J connectivity index is 2.22. The lowest BCUT2D eigenvalue weighted by Gasteiger charge is -2.36. The normalized spacial score (nSPS) is 25.6. The van der Waals surface area contributed by atoms with Crippen molar-refractivity contribution in [2.24, 2.45) is 17.3 Å². The lowest BCUT2D eigenvalue weighted by molar-refractivity contribution is -0.151. The number of allylic oxidation sites excluding steroid dienone is 1. The van der Waals surface area contributed by atoms with Crippen LogP contribution in [0.5, 0.6) is 0 Å². The lowest BCUT2D eigenvalue weighted by atomic mass is 9.85. The molecule has 1 saturated heterocycles. The molecule has 0 radical (unpaired) electrons. The Labute approximate surface area is 161 Å². The smallest absolute Gasteiger partial charge is 0.327 e. The fraction of sp³-hybridized carbons (Fsp3) is 0.750. The number of hydrogen-bond acceptors (Lipinski definition) is 3. The van der Waals surface area contributed by atoms with Gasteiger partial charge in [0.15, 0.2) is 0 Å². The van der Waals surface area contributed by atoms with Crippen LogP contribution in [0.3, 0.4) is 0 Å². The van der Waals surface area contributed by atoms with E-state index in [4.69, 9.17) is 0 Å². The van der Waals surface area contributed by atoms with Crippen LogP contribution < -0.4 is 10.6 Å². The van der Waals surface area contributed by atoms with Crippen molar-refractivity contribution < 1.29 is 19.5 Å². The number of hydrogen-bond donors (Lipinski definition) is 3. The van der Waals surface area contributed by atoms with E-state index in [0.29, 0.717) is 6.54 Å². The minimum atomic E-state index is -0.987. The van der Waals surface area contributed by atoms with Crippen molar-refractivity contribution in [3.63, 3.8) is 0 Å². The Kier molecular flexibility index (Phi) is 5.38. The summed E-state index contributed by atoms with van der Waals surface area (Å²) >= 11 is 0. The highest BCUT2D eigenvalue weighted by Gasteiger charge is 2.62. The highest BCUT2D eigenvalue weighted by Crippen LogP contribution is 2.56. The maximum absolute atomic E-state index is 13.3. The van der Waals surface area contributed by atoms with Gasteiger partial charge in [-0.25, -0.2) is 9.59 Å². The van der Waals surface area contributed by atoms with Gasteiger partial charge in [-0.15, -0.1) is 0 Å². The topological polar surface area (TPSA) is 98.7 Å². The number of fused-ring (bicyclic) bond motifs is 1. The zero-order valence-corrected chi connectivity index (χ0v) is 17.6. The predicted molar refractivity (Wildman–Crippen MR) is 103 cm³/mol. The Morgan fingerprint density at radius 3 is 2.07 bits per heavy atom.